The summed E-state index contributed by atoms with van der Waals surface area (Å²) in [6.07, 6.45) is 2.11. The lowest BCUT2D eigenvalue weighted by Crippen LogP contribution is -2.20. The van der Waals surface area contributed by atoms with Crippen molar-refractivity contribution in [3.63, 3.8) is 0 Å². The second kappa shape index (κ2) is 11.4. The maximum absolute atomic E-state index is 13.4. The Kier molecular flexibility index (Phi) is 8.23. The second-order valence-corrected chi connectivity index (χ2v) is 9.33. The molecule has 1 heterocycles. The first-order valence-corrected chi connectivity index (χ1v) is 12.7. The zero-order valence-corrected chi connectivity index (χ0v) is 22.9. The monoisotopic (exact) mass is 647 g/mol. The smallest absolute Gasteiger partial charge is 0.416 e. The fraction of sp³-hybridized carbons (Fsp3) is 0.148. The van der Waals surface area contributed by atoms with E-state index in [-0.39, 0.29) is 23.4 Å². The Morgan fingerprint density at radius 3 is 2.58 bits per heavy atom. The van der Waals surface area contributed by atoms with Crippen LogP contribution in [0.15, 0.2) is 73.4 Å². The summed E-state index contributed by atoms with van der Waals surface area (Å²) in [4.78, 5) is 17.9. The van der Waals surface area contributed by atoms with Crippen molar-refractivity contribution in [2.24, 2.45) is 5.10 Å². The van der Waals surface area contributed by atoms with E-state index in [1.165, 1.54) is 18.3 Å². The lowest BCUT2D eigenvalue weighted by Gasteiger charge is -2.15. The van der Waals surface area contributed by atoms with Gasteiger partial charge in [-0.1, -0.05) is 30.2 Å². The lowest BCUT2D eigenvalue weighted by molar-refractivity contribution is -0.137. The molecule has 0 aliphatic heterocycles. The van der Waals surface area contributed by atoms with Gasteiger partial charge in [-0.05, 0) is 69.1 Å². The Morgan fingerprint density at radius 2 is 1.87 bits per heavy atom. The van der Waals surface area contributed by atoms with Gasteiger partial charge >= 0.3 is 6.18 Å². The minimum absolute atomic E-state index is 0.0110. The average molecular weight is 649 g/mol. The number of aromatic nitrogens is 2. The van der Waals surface area contributed by atoms with Gasteiger partial charge in [-0.25, -0.2) is 4.98 Å². The largest absolute Gasteiger partial charge is 0.490 e. The fourth-order valence-corrected chi connectivity index (χ4v) is 4.52. The third kappa shape index (κ3) is 5.61. The molecule has 1 aromatic heterocycles. The summed E-state index contributed by atoms with van der Waals surface area (Å²) >= 11 is 6.95. The third-order valence-corrected chi connectivity index (χ3v) is 7.41. The van der Waals surface area contributed by atoms with Crippen LogP contribution in [0.3, 0.4) is 0 Å². The third-order valence-electron chi connectivity index (χ3n) is 5.27. The van der Waals surface area contributed by atoms with Gasteiger partial charge < -0.3 is 9.47 Å². The van der Waals surface area contributed by atoms with Crippen LogP contribution < -0.4 is 15.0 Å². The molecule has 0 aliphatic rings. The summed E-state index contributed by atoms with van der Waals surface area (Å²) in [6, 6.07) is 12.7. The molecule has 3 aromatic carbocycles. The van der Waals surface area contributed by atoms with Gasteiger partial charge in [0.15, 0.2) is 17.3 Å². The predicted octanol–water partition coefficient (Wildman–Crippen LogP) is 6.90. The maximum Gasteiger partial charge on any atom is 0.416 e. The van der Waals surface area contributed by atoms with Gasteiger partial charge in [0.25, 0.3) is 5.56 Å². The highest BCUT2D eigenvalue weighted by Crippen LogP contribution is 2.42. The molecule has 0 saturated carbocycles. The van der Waals surface area contributed by atoms with E-state index in [4.69, 9.17) is 15.9 Å². The van der Waals surface area contributed by atoms with E-state index < -0.39 is 17.3 Å². The van der Waals surface area contributed by atoms with Crippen LogP contribution in [0.5, 0.6) is 11.5 Å². The number of hydrogen-bond donors (Lipinski definition) is 0. The van der Waals surface area contributed by atoms with Crippen LogP contribution in [-0.4, -0.2) is 29.1 Å². The van der Waals surface area contributed by atoms with Crippen molar-refractivity contribution in [3.05, 3.63) is 85.0 Å². The zero-order chi connectivity index (χ0) is 27.4. The van der Waals surface area contributed by atoms with Crippen molar-refractivity contribution >= 4 is 49.0 Å². The van der Waals surface area contributed by atoms with E-state index in [9.17, 15) is 18.0 Å². The number of benzene rings is 3. The van der Waals surface area contributed by atoms with Gasteiger partial charge in [0.1, 0.15) is 6.61 Å². The summed E-state index contributed by atoms with van der Waals surface area (Å²) in [6.45, 7) is 2.15. The number of terminal acetylenes is 1. The highest BCUT2D eigenvalue weighted by Gasteiger charge is 2.31. The van der Waals surface area contributed by atoms with Crippen LogP contribution in [0, 0.1) is 12.3 Å². The molecule has 0 spiro atoms. The molecule has 0 aliphatic carbocycles. The molecule has 194 valence electrons. The molecule has 0 fully saturated rings. The standard InChI is InChI=1S/C27H18Br2F3N3O3/c1-3-12-38-24-21(37-4-2)14-17(22(28)23(24)29)15-33-35-25(16-8-7-9-18(13-16)27(30,31)32)34-20-11-6-5-10-19(20)26(35)36/h1,5-11,13-15H,4,12H2,2H3. The van der Waals surface area contributed by atoms with Crippen LogP contribution in [0.2, 0.25) is 0 Å². The van der Waals surface area contributed by atoms with Gasteiger partial charge in [0.05, 0.1) is 33.8 Å². The van der Waals surface area contributed by atoms with Crippen molar-refractivity contribution in [2.75, 3.05) is 13.2 Å². The van der Waals surface area contributed by atoms with Crippen LogP contribution in [0.1, 0.15) is 18.1 Å². The zero-order valence-electron chi connectivity index (χ0n) is 19.7. The highest BCUT2D eigenvalue weighted by molar-refractivity contribution is 9.13. The van der Waals surface area contributed by atoms with Crippen LogP contribution >= 0.6 is 31.9 Å². The van der Waals surface area contributed by atoms with Gasteiger partial charge in [-0.2, -0.15) is 22.9 Å². The molecule has 11 heteroatoms. The Morgan fingerprint density at radius 1 is 1.11 bits per heavy atom. The Labute approximate surface area is 232 Å². The molecule has 0 unspecified atom stereocenters. The van der Waals surface area contributed by atoms with E-state index in [2.05, 4.69) is 47.9 Å². The van der Waals surface area contributed by atoms with Crippen molar-refractivity contribution in [2.45, 2.75) is 13.1 Å². The predicted molar refractivity (Wildman–Crippen MR) is 147 cm³/mol. The van der Waals surface area contributed by atoms with Crippen molar-refractivity contribution in [1.82, 2.24) is 9.66 Å². The molecule has 4 aromatic rings. The summed E-state index contributed by atoms with van der Waals surface area (Å²) in [5.41, 5.74) is -0.525. The molecule has 6 nitrogen and oxygen atoms in total. The first-order chi connectivity index (χ1) is 18.2. The van der Waals surface area contributed by atoms with E-state index in [0.717, 1.165) is 16.8 Å². The molecule has 0 saturated heterocycles. The maximum atomic E-state index is 13.4. The number of para-hydroxylation sites is 1. The molecule has 0 radical (unpaired) electrons. The summed E-state index contributed by atoms with van der Waals surface area (Å²) < 4.78 is 53.6. The number of fused-ring (bicyclic) bond motifs is 1. The number of ether oxygens (including phenoxy) is 2. The normalized spacial score (nSPS) is 11.6. The second-order valence-electron chi connectivity index (χ2n) is 7.74. The van der Waals surface area contributed by atoms with Crippen LogP contribution in [0.25, 0.3) is 22.3 Å². The van der Waals surface area contributed by atoms with Crippen LogP contribution in [0.4, 0.5) is 13.2 Å². The molecule has 0 bridgehead atoms. The lowest BCUT2D eigenvalue weighted by atomic mass is 10.1. The molecule has 4 rings (SSSR count). The van der Waals surface area contributed by atoms with Gasteiger partial charge in [0.2, 0.25) is 0 Å². The minimum atomic E-state index is -4.57. The van der Waals surface area contributed by atoms with Gasteiger partial charge in [0, 0.05) is 15.6 Å². The summed E-state index contributed by atoms with van der Waals surface area (Å²) in [5.74, 6) is 3.10. The summed E-state index contributed by atoms with van der Waals surface area (Å²) in [7, 11) is 0. The number of nitrogens with zero attached hydrogens (tertiary/aromatic N) is 3. The number of rotatable bonds is 7. The molecular formula is C27H18Br2F3N3O3. The van der Waals surface area contributed by atoms with Crippen molar-refractivity contribution < 1.29 is 22.6 Å². The van der Waals surface area contributed by atoms with E-state index >= 15 is 0 Å². The fourth-order valence-electron chi connectivity index (χ4n) is 3.58. The van der Waals surface area contributed by atoms with E-state index in [0.29, 0.717) is 38.1 Å². The highest BCUT2D eigenvalue weighted by atomic mass is 79.9. The first kappa shape index (κ1) is 27.4. The van der Waals surface area contributed by atoms with Crippen LogP contribution in [-0.2, 0) is 6.18 Å². The average Bonchev–Trinajstić information content (AvgIpc) is 2.90. The Balaban J connectivity index is 1.91. The topological polar surface area (TPSA) is 65.7 Å². The molecule has 0 amide bonds. The van der Waals surface area contributed by atoms with Gasteiger partial charge in [-0.3, -0.25) is 4.79 Å². The Bertz CT molecular complexity index is 1640. The number of alkyl halides is 3. The van der Waals surface area contributed by atoms with E-state index in [1.54, 1.807) is 37.3 Å². The van der Waals surface area contributed by atoms with E-state index in [1.807, 2.05) is 0 Å². The number of halogens is 5. The number of hydrogen-bond acceptors (Lipinski definition) is 5. The molecule has 0 atom stereocenters. The minimum Gasteiger partial charge on any atom is -0.490 e. The molecular weight excluding hydrogens is 631 g/mol. The van der Waals surface area contributed by atoms with Crippen molar-refractivity contribution in [3.8, 4) is 35.2 Å². The SMILES string of the molecule is C#CCOc1c(OCC)cc(C=Nn2c(-c3cccc(C(F)(F)F)c3)nc3ccccc3c2=O)c(Br)c1Br. The summed E-state index contributed by atoms with van der Waals surface area (Å²) in [5, 5.41) is 4.60. The molecule has 38 heavy (non-hydrogen) atoms. The first-order valence-electron chi connectivity index (χ1n) is 11.1. The molecule has 0 N–H and O–H groups in total. The quantitative estimate of drug-likeness (QED) is 0.162. The van der Waals surface area contributed by atoms with Crippen molar-refractivity contribution in [1.29, 1.82) is 0 Å². The Hall–Kier alpha value is -3.62. The van der Waals surface area contributed by atoms with Gasteiger partial charge in [-0.15, -0.1) is 6.42 Å².